The van der Waals surface area contributed by atoms with Crippen molar-refractivity contribution < 1.29 is 9.53 Å². The van der Waals surface area contributed by atoms with Gasteiger partial charge in [-0.3, -0.25) is 4.90 Å². The van der Waals surface area contributed by atoms with Crippen LogP contribution in [0.2, 0.25) is 0 Å². The molecule has 1 spiro atoms. The van der Waals surface area contributed by atoms with Crippen molar-refractivity contribution in [3.05, 3.63) is 35.4 Å². The maximum absolute atomic E-state index is 12.0. The Morgan fingerprint density at radius 1 is 1.13 bits per heavy atom. The van der Waals surface area contributed by atoms with Gasteiger partial charge in [-0.05, 0) is 90.7 Å². The second-order valence-electron chi connectivity index (χ2n) is 9.58. The molecular formula is C25H37N3O2S. The van der Waals surface area contributed by atoms with E-state index in [0.717, 1.165) is 10.6 Å². The molecule has 0 amide bonds. The number of thiocarbonyl (C=S) groups is 1. The van der Waals surface area contributed by atoms with Gasteiger partial charge < -0.3 is 14.5 Å². The zero-order chi connectivity index (χ0) is 22.0. The standard InChI is InChI=1S/C25H37N3O2S/c1-4-30-24(29)20-10-8-19(9-11-20)23(31)27(3)22-18-25(13-7-15-26(25)2)14-12-21(22)28-16-5-6-17-28/h8-11,21-22H,4-7,12-18H2,1-3H3. The summed E-state index contributed by atoms with van der Waals surface area (Å²) in [6.45, 7) is 5.87. The van der Waals surface area contributed by atoms with Crippen LogP contribution in [0.4, 0.5) is 0 Å². The first-order chi connectivity index (χ1) is 14.9. The van der Waals surface area contributed by atoms with Gasteiger partial charge in [0.25, 0.3) is 0 Å². The van der Waals surface area contributed by atoms with E-state index in [1.165, 1.54) is 64.6 Å². The molecule has 170 valence electrons. The number of ether oxygens (including phenoxy) is 1. The lowest BCUT2D eigenvalue weighted by molar-refractivity contribution is 0.0238. The molecule has 2 saturated heterocycles. The summed E-state index contributed by atoms with van der Waals surface area (Å²) >= 11 is 5.98. The number of rotatable bonds is 5. The number of likely N-dealkylation sites (tertiary alicyclic amines) is 2. The molecule has 0 N–H and O–H groups in total. The molecule has 1 aromatic carbocycles. The highest BCUT2D eigenvalue weighted by Gasteiger charge is 2.48. The maximum atomic E-state index is 12.0. The number of hydrogen-bond donors (Lipinski definition) is 0. The van der Waals surface area contributed by atoms with Crippen LogP contribution in [0.25, 0.3) is 0 Å². The summed E-state index contributed by atoms with van der Waals surface area (Å²) in [4.78, 5) is 20.6. The van der Waals surface area contributed by atoms with Crippen molar-refractivity contribution in [2.75, 3.05) is 40.3 Å². The van der Waals surface area contributed by atoms with Gasteiger partial charge in [-0.1, -0.05) is 24.4 Å². The van der Waals surface area contributed by atoms with Crippen LogP contribution in [-0.2, 0) is 4.74 Å². The van der Waals surface area contributed by atoms with E-state index in [2.05, 4.69) is 28.8 Å². The Morgan fingerprint density at radius 2 is 1.81 bits per heavy atom. The molecule has 4 rings (SSSR count). The Labute approximate surface area is 192 Å². The van der Waals surface area contributed by atoms with Gasteiger partial charge >= 0.3 is 5.97 Å². The highest BCUT2D eigenvalue weighted by Crippen LogP contribution is 2.44. The van der Waals surface area contributed by atoms with Gasteiger partial charge in [0.2, 0.25) is 0 Å². The molecule has 3 fully saturated rings. The number of likely N-dealkylation sites (N-methyl/N-ethyl adjacent to an activating group) is 1. The summed E-state index contributed by atoms with van der Waals surface area (Å²) < 4.78 is 5.11. The van der Waals surface area contributed by atoms with Crippen LogP contribution in [0.15, 0.2) is 24.3 Å². The van der Waals surface area contributed by atoms with Crippen LogP contribution >= 0.6 is 12.2 Å². The zero-order valence-corrected chi connectivity index (χ0v) is 20.1. The average Bonchev–Trinajstić information content (AvgIpc) is 3.44. The topological polar surface area (TPSA) is 36.0 Å². The summed E-state index contributed by atoms with van der Waals surface area (Å²) in [5, 5.41) is 0. The summed E-state index contributed by atoms with van der Waals surface area (Å²) in [5.41, 5.74) is 1.92. The molecule has 0 aromatic heterocycles. The summed E-state index contributed by atoms with van der Waals surface area (Å²) in [5.74, 6) is -0.277. The largest absolute Gasteiger partial charge is 0.462 e. The van der Waals surface area contributed by atoms with Gasteiger partial charge in [0.15, 0.2) is 0 Å². The normalized spacial score (nSPS) is 29.4. The fraction of sp³-hybridized carbons (Fsp3) is 0.680. The van der Waals surface area contributed by atoms with E-state index >= 15 is 0 Å². The zero-order valence-electron chi connectivity index (χ0n) is 19.3. The van der Waals surface area contributed by atoms with E-state index in [1.807, 2.05) is 31.2 Å². The van der Waals surface area contributed by atoms with Crippen LogP contribution in [0.5, 0.6) is 0 Å². The van der Waals surface area contributed by atoms with E-state index in [0.29, 0.717) is 29.8 Å². The number of benzene rings is 1. The number of nitrogens with zero attached hydrogens (tertiary/aromatic N) is 3. The van der Waals surface area contributed by atoms with Crippen LogP contribution in [0.1, 0.15) is 67.8 Å². The molecule has 1 aromatic rings. The minimum absolute atomic E-state index is 0.277. The predicted molar refractivity (Wildman–Crippen MR) is 129 cm³/mol. The molecule has 31 heavy (non-hydrogen) atoms. The van der Waals surface area contributed by atoms with Crippen molar-refractivity contribution >= 4 is 23.2 Å². The third-order valence-electron chi connectivity index (χ3n) is 7.95. The molecule has 3 atom stereocenters. The predicted octanol–water partition coefficient (Wildman–Crippen LogP) is 3.95. The third kappa shape index (κ3) is 4.53. The Kier molecular flexibility index (Phi) is 6.99. The maximum Gasteiger partial charge on any atom is 0.338 e. The summed E-state index contributed by atoms with van der Waals surface area (Å²) in [6.07, 6.45) is 8.99. The monoisotopic (exact) mass is 443 g/mol. The smallest absolute Gasteiger partial charge is 0.338 e. The van der Waals surface area contributed by atoms with Crippen LogP contribution < -0.4 is 0 Å². The lowest BCUT2D eigenvalue weighted by Gasteiger charge is -2.51. The highest BCUT2D eigenvalue weighted by atomic mass is 32.1. The van der Waals surface area contributed by atoms with E-state index < -0.39 is 0 Å². The van der Waals surface area contributed by atoms with Gasteiger partial charge in [-0.15, -0.1) is 0 Å². The van der Waals surface area contributed by atoms with Crippen LogP contribution in [-0.4, -0.2) is 83.6 Å². The number of hydrogen-bond acceptors (Lipinski definition) is 5. The average molecular weight is 444 g/mol. The third-order valence-corrected chi connectivity index (χ3v) is 8.48. The van der Waals surface area contributed by atoms with Crippen molar-refractivity contribution in [2.45, 2.75) is 69.5 Å². The molecular weight excluding hydrogens is 406 g/mol. The van der Waals surface area contributed by atoms with Crippen molar-refractivity contribution in [1.82, 2.24) is 14.7 Å². The van der Waals surface area contributed by atoms with Crippen LogP contribution in [0.3, 0.4) is 0 Å². The second kappa shape index (κ2) is 9.55. The Bertz CT molecular complexity index is 792. The summed E-state index contributed by atoms with van der Waals surface area (Å²) in [7, 11) is 4.50. The molecule has 3 unspecified atom stereocenters. The fourth-order valence-corrected chi connectivity index (χ4v) is 6.37. The number of carbonyl (C=O) groups excluding carboxylic acids is 1. The van der Waals surface area contributed by atoms with Crippen molar-refractivity contribution in [1.29, 1.82) is 0 Å². The van der Waals surface area contributed by atoms with Gasteiger partial charge in [0, 0.05) is 30.2 Å². The van der Waals surface area contributed by atoms with Crippen molar-refractivity contribution in [3.8, 4) is 0 Å². The van der Waals surface area contributed by atoms with Gasteiger partial charge in [0.1, 0.15) is 4.99 Å². The lowest BCUT2D eigenvalue weighted by atomic mass is 9.74. The fourth-order valence-electron chi connectivity index (χ4n) is 6.10. The number of carbonyl (C=O) groups is 1. The molecule has 1 aliphatic carbocycles. The van der Waals surface area contributed by atoms with Crippen molar-refractivity contribution in [2.24, 2.45) is 0 Å². The Hall–Kier alpha value is -1.50. The van der Waals surface area contributed by atoms with Gasteiger partial charge in [0.05, 0.1) is 12.2 Å². The minimum atomic E-state index is -0.277. The van der Waals surface area contributed by atoms with Gasteiger partial charge in [-0.25, -0.2) is 4.79 Å². The molecule has 6 heteroatoms. The molecule has 0 bridgehead atoms. The molecule has 1 saturated carbocycles. The molecule has 2 aliphatic heterocycles. The summed E-state index contributed by atoms with van der Waals surface area (Å²) in [6, 6.07) is 8.59. The van der Waals surface area contributed by atoms with Gasteiger partial charge in [-0.2, -0.15) is 0 Å². The first-order valence-electron chi connectivity index (χ1n) is 11.9. The first-order valence-corrected chi connectivity index (χ1v) is 12.4. The first kappa shape index (κ1) is 22.7. The Morgan fingerprint density at radius 3 is 2.42 bits per heavy atom. The molecule has 0 radical (unpaired) electrons. The van der Waals surface area contributed by atoms with E-state index in [-0.39, 0.29) is 5.97 Å². The lowest BCUT2D eigenvalue weighted by Crippen LogP contribution is -2.60. The van der Waals surface area contributed by atoms with E-state index in [9.17, 15) is 4.79 Å². The molecule has 3 aliphatic rings. The van der Waals surface area contributed by atoms with E-state index in [1.54, 1.807) is 0 Å². The number of esters is 1. The molecule has 5 nitrogen and oxygen atoms in total. The Balaban J connectivity index is 1.54. The quantitative estimate of drug-likeness (QED) is 0.507. The van der Waals surface area contributed by atoms with E-state index in [4.69, 9.17) is 17.0 Å². The van der Waals surface area contributed by atoms with Crippen molar-refractivity contribution in [3.63, 3.8) is 0 Å². The SMILES string of the molecule is CCOC(=O)c1ccc(C(=S)N(C)C2CC3(CCCN3C)CCC2N2CCCC2)cc1. The molecule has 2 heterocycles. The minimum Gasteiger partial charge on any atom is -0.462 e. The second-order valence-corrected chi connectivity index (χ2v) is 9.97. The highest BCUT2D eigenvalue weighted by molar-refractivity contribution is 7.80. The van der Waals surface area contributed by atoms with Crippen LogP contribution in [0, 0.1) is 0 Å².